The van der Waals surface area contributed by atoms with Gasteiger partial charge in [0.05, 0.1) is 10.9 Å². The number of thiocarbonyl (C=S) groups is 1. The maximum atomic E-state index is 13.4. The zero-order valence-electron chi connectivity index (χ0n) is 16.0. The number of amides is 2. The molecule has 5 nitrogen and oxygen atoms in total. The number of hydrogen-bond acceptors (Lipinski definition) is 6. The minimum atomic E-state index is -0.631. The summed E-state index contributed by atoms with van der Waals surface area (Å²) in [5.74, 6) is -0.253. The van der Waals surface area contributed by atoms with Crippen LogP contribution in [0, 0.1) is 0 Å². The van der Waals surface area contributed by atoms with Gasteiger partial charge in [-0.05, 0) is 55.3 Å². The van der Waals surface area contributed by atoms with Gasteiger partial charge in [-0.15, -0.1) is 11.3 Å². The first-order valence-electron chi connectivity index (χ1n) is 9.57. The van der Waals surface area contributed by atoms with Crippen LogP contribution in [0.5, 0.6) is 0 Å². The minimum absolute atomic E-state index is 0.00698. The zero-order chi connectivity index (χ0) is 20.4. The third-order valence-corrected chi connectivity index (χ3v) is 7.39. The second-order valence-corrected chi connectivity index (χ2v) is 9.73. The topological polar surface area (TPSA) is 53.5 Å². The number of aromatic nitrogens is 1. The van der Waals surface area contributed by atoms with Crippen molar-refractivity contribution in [1.29, 1.82) is 0 Å². The maximum Gasteiger partial charge on any atom is 0.266 e. The molecule has 0 radical (unpaired) electrons. The van der Waals surface area contributed by atoms with Gasteiger partial charge < -0.3 is 4.90 Å². The molecular weight excluding hydrogens is 422 g/mol. The molecule has 0 N–H and O–H groups in total. The molecule has 2 aromatic rings. The Balaban J connectivity index is 1.55. The molecule has 0 saturated carbocycles. The number of likely N-dealkylation sites (tertiary alicyclic amines) is 1. The highest BCUT2D eigenvalue weighted by Gasteiger charge is 2.41. The summed E-state index contributed by atoms with van der Waals surface area (Å²) in [6.07, 6.45) is 8.35. The SMILES string of the molecule is CC(C(=O)N1CCCCC1c1cccnc1)N1C(=O)/C(=C/c2cccs2)SC1=S. The molecule has 2 amide bonds. The third-order valence-electron chi connectivity index (χ3n) is 5.24. The number of rotatable bonds is 4. The molecule has 0 bridgehead atoms. The van der Waals surface area contributed by atoms with Crippen molar-refractivity contribution in [3.8, 4) is 0 Å². The largest absolute Gasteiger partial charge is 0.334 e. The highest BCUT2D eigenvalue weighted by molar-refractivity contribution is 8.26. The normalized spacial score (nSPS) is 22.4. The molecular formula is C21H21N3O2S3. The molecule has 0 spiro atoms. The molecule has 0 aromatic carbocycles. The van der Waals surface area contributed by atoms with Crippen LogP contribution in [-0.2, 0) is 9.59 Å². The lowest BCUT2D eigenvalue weighted by molar-refractivity contribution is -0.142. The number of thioether (sulfide) groups is 1. The summed E-state index contributed by atoms with van der Waals surface area (Å²) in [5, 5.41) is 1.97. The van der Waals surface area contributed by atoms with Crippen molar-refractivity contribution in [3.05, 3.63) is 57.4 Å². The number of carbonyl (C=O) groups is 2. The van der Waals surface area contributed by atoms with E-state index in [1.54, 1.807) is 24.5 Å². The maximum absolute atomic E-state index is 13.4. The van der Waals surface area contributed by atoms with Gasteiger partial charge in [-0.2, -0.15) is 0 Å². The molecule has 4 rings (SSSR count). The molecule has 4 heterocycles. The van der Waals surface area contributed by atoms with Gasteiger partial charge in [0.1, 0.15) is 10.4 Å². The number of pyridine rings is 1. The molecule has 0 aliphatic carbocycles. The Kier molecular flexibility index (Phi) is 6.12. The number of nitrogens with zero attached hydrogens (tertiary/aromatic N) is 3. The van der Waals surface area contributed by atoms with E-state index < -0.39 is 6.04 Å². The van der Waals surface area contributed by atoms with Gasteiger partial charge in [0.2, 0.25) is 5.91 Å². The Hall–Kier alpha value is -2.03. The van der Waals surface area contributed by atoms with Crippen LogP contribution in [0.25, 0.3) is 6.08 Å². The minimum Gasteiger partial charge on any atom is -0.334 e. The van der Waals surface area contributed by atoms with E-state index in [1.807, 2.05) is 46.8 Å². The summed E-state index contributed by atoms with van der Waals surface area (Å²) in [6.45, 7) is 2.46. The van der Waals surface area contributed by atoms with Gasteiger partial charge >= 0.3 is 0 Å². The number of hydrogen-bond donors (Lipinski definition) is 0. The van der Waals surface area contributed by atoms with E-state index in [1.165, 1.54) is 16.7 Å². The molecule has 8 heteroatoms. The molecule has 2 aliphatic heterocycles. The molecule has 2 saturated heterocycles. The molecule has 2 aliphatic rings. The van der Waals surface area contributed by atoms with E-state index >= 15 is 0 Å². The summed E-state index contributed by atoms with van der Waals surface area (Å²) >= 11 is 8.29. The first kappa shape index (κ1) is 20.3. The molecule has 2 unspecified atom stereocenters. The van der Waals surface area contributed by atoms with Crippen LogP contribution < -0.4 is 0 Å². The van der Waals surface area contributed by atoms with Crippen LogP contribution in [0.15, 0.2) is 46.9 Å². The van der Waals surface area contributed by atoms with Gasteiger partial charge in [-0.1, -0.05) is 36.1 Å². The Morgan fingerprint density at radius 3 is 2.93 bits per heavy atom. The fourth-order valence-electron chi connectivity index (χ4n) is 3.78. The predicted octanol–water partition coefficient (Wildman–Crippen LogP) is 4.49. The Labute approximate surface area is 183 Å². The van der Waals surface area contributed by atoms with E-state index in [9.17, 15) is 9.59 Å². The average molecular weight is 444 g/mol. The van der Waals surface area contributed by atoms with E-state index in [0.29, 0.717) is 15.8 Å². The van der Waals surface area contributed by atoms with Crippen molar-refractivity contribution < 1.29 is 9.59 Å². The number of thiophene rings is 1. The lowest BCUT2D eigenvalue weighted by Gasteiger charge is -2.38. The van der Waals surface area contributed by atoms with Gasteiger partial charge in [0.25, 0.3) is 5.91 Å². The first-order valence-corrected chi connectivity index (χ1v) is 11.7. The van der Waals surface area contributed by atoms with E-state index in [4.69, 9.17) is 12.2 Å². The number of piperidine rings is 1. The Bertz CT molecular complexity index is 943. The Morgan fingerprint density at radius 2 is 2.21 bits per heavy atom. The van der Waals surface area contributed by atoms with Crippen molar-refractivity contribution in [2.24, 2.45) is 0 Å². The lowest BCUT2D eigenvalue weighted by atomic mass is 9.95. The van der Waals surface area contributed by atoms with Crippen molar-refractivity contribution in [2.45, 2.75) is 38.3 Å². The van der Waals surface area contributed by atoms with Crippen LogP contribution >= 0.6 is 35.3 Å². The monoisotopic (exact) mass is 443 g/mol. The van der Waals surface area contributed by atoms with Crippen LogP contribution in [0.1, 0.15) is 42.7 Å². The highest BCUT2D eigenvalue weighted by atomic mass is 32.2. The van der Waals surface area contributed by atoms with E-state index in [-0.39, 0.29) is 17.9 Å². The molecule has 150 valence electrons. The fourth-order valence-corrected chi connectivity index (χ4v) is 5.92. The van der Waals surface area contributed by atoms with Crippen molar-refractivity contribution in [3.63, 3.8) is 0 Å². The summed E-state index contributed by atoms with van der Waals surface area (Å²) in [5.41, 5.74) is 1.04. The van der Waals surface area contributed by atoms with Crippen LogP contribution in [0.3, 0.4) is 0 Å². The summed E-state index contributed by atoms with van der Waals surface area (Å²) in [4.78, 5) is 35.5. The van der Waals surface area contributed by atoms with Gasteiger partial charge in [-0.25, -0.2) is 0 Å². The van der Waals surface area contributed by atoms with E-state index in [0.717, 1.165) is 29.7 Å². The van der Waals surface area contributed by atoms with Gasteiger partial charge in [0, 0.05) is 23.8 Å². The van der Waals surface area contributed by atoms with Crippen LogP contribution in [-0.4, -0.2) is 43.5 Å². The summed E-state index contributed by atoms with van der Waals surface area (Å²) in [7, 11) is 0. The van der Waals surface area contributed by atoms with Crippen molar-refractivity contribution >= 4 is 57.5 Å². The molecule has 2 fully saturated rings. The van der Waals surface area contributed by atoms with Crippen molar-refractivity contribution in [1.82, 2.24) is 14.8 Å². The standard InChI is InChI=1S/C21H21N3O2S3/c1-14(24-20(26)18(29-21(24)27)12-16-7-5-11-28-16)19(25)23-10-3-2-8-17(23)15-6-4-9-22-13-15/h4-7,9,11-14,17H,2-3,8,10H2,1H3/b18-12-. The smallest absolute Gasteiger partial charge is 0.266 e. The van der Waals surface area contributed by atoms with Gasteiger partial charge in [-0.3, -0.25) is 19.5 Å². The van der Waals surface area contributed by atoms with Gasteiger partial charge in [0.15, 0.2) is 0 Å². The molecule has 2 aromatic heterocycles. The zero-order valence-corrected chi connectivity index (χ0v) is 18.4. The highest BCUT2D eigenvalue weighted by Crippen LogP contribution is 2.36. The van der Waals surface area contributed by atoms with Crippen LogP contribution in [0.2, 0.25) is 0 Å². The number of carbonyl (C=O) groups excluding carboxylic acids is 2. The van der Waals surface area contributed by atoms with Crippen LogP contribution in [0.4, 0.5) is 0 Å². The average Bonchev–Trinajstić information content (AvgIpc) is 3.35. The van der Waals surface area contributed by atoms with E-state index in [2.05, 4.69) is 4.98 Å². The second-order valence-electron chi connectivity index (χ2n) is 7.07. The fraction of sp³-hybridized carbons (Fsp3) is 0.333. The summed E-state index contributed by atoms with van der Waals surface area (Å²) in [6, 6.07) is 7.17. The quantitative estimate of drug-likeness (QED) is 0.515. The Morgan fingerprint density at radius 1 is 1.34 bits per heavy atom. The summed E-state index contributed by atoms with van der Waals surface area (Å²) < 4.78 is 0.439. The lowest BCUT2D eigenvalue weighted by Crippen LogP contribution is -2.51. The second kappa shape index (κ2) is 8.77. The molecule has 29 heavy (non-hydrogen) atoms. The first-order chi connectivity index (χ1) is 14.1. The molecule has 2 atom stereocenters. The third kappa shape index (κ3) is 4.15. The predicted molar refractivity (Wildman–Crippen MR) is 121 cm³/mol. The van der Waals surface area contributed by atoms with Crippen molar-refractivity contribution in [2.75, 3.05) is 6.54 Å².